The Bertz CT molecular complexity index is 716. The summed E-state index contributed by atoms with van der Waals surface area (Å²) >= 11 is 0. The molecule has 2 N–H and O–H groups in total. The summed E-state index contributed by atoms with van der Waals surface area (Å²) in [6.07, 6.45) is -0.569. The lowest BCUT2D eigenvalue weighted by molar-refractivity contribution is -0.0253. The van der Waals surface area contributed by atoms with Gasteiger partial charge in [-0.3, -0.25) is 9.80 Å². The molecule has 0 aliphatic carbocycles. The van der Waals surface area contributed by atoms with E-state index in [1.54, 1.807) is 13.8 Å². The highest BCUT2D eigenvalue weighted by Gasteiger charge is 2.35. The molecule has 0 aliphatic rings. The summed E-state index contributed by atoms with van der Waals surface area (Å²) in [5.41, 5.74) is 0.777. The summed E-state index contributed by atoms with van der Waals surface area (Å²) in [6.45, 7) is 60.7. The third-order valence-corrected chi connectivity index (χ3v) is 8.26. The van der Waals surface area contributed by atoms with Gasteiger partial charge < -0.3 is 29.5 Å². The van der Waals surface area contributed by atoms with E-state index in [4.69, 9.17) is 19.7 Å². The molecular formula is C44H98N4O4. The molecule has 8 heteroatoms. The monoisotopic (exact) mass is 747 g/mol. The first-order valence-electron chi connectivity index (χ1n) is 20.8. The van der Waals surface area contributed by atoms with E-state index in [1.165, 1.54) is 39.3 Å². The fourth-order valence-corrected chi connectivity index (χ4v) is 7.03. The molecule has 0 rings (SSSR count). The smallest absolute Gasteiger partial charge is 0.0778 e. The number of aliphatic hydroxyl groups is 2. The summed E-state index contributed by atoms with van der Waals surface area (Å²) in [7, 11) is 0. The Kier molecular flexibility index (Phi) is 29.4. The van der Waals surface area contributed by atoms with Crippen LogP contribution in [0, 0.1) is 23.7 Å². The molecule has 8 nitrogen and oxygen atoms in total. The van der Waals surface area contributed by atoms with E-state index >= 15 is 0 Å². The van der Waals surface area contributed by atoms with Crippen LogP contribution in [-0.4, -0.2) is 143 Å². The Labute approximate surface area is 327 Å². The van der Waals surface area contributed by atoms with Crippen LogP contribution < -0.4 is 0 Å². The Morgan fingerprint density at radius 2 is 0.750 bits per heavy atom. The predicted octanol–water partition coefficient (Wildman–Crippen LogP) is 8.78. The number of aliphatic hydroxyl groups excluding tert-OH is 2. The molecule has 52 heavy (non-hydrogen) atoms. The van der Waals surface area contributed by atoms with Crippen molar-refractivity contribution in [1.82, 2.24) is 19.6 Å². The van der Waals surface area contributed by atoms with Gasteiger partial charge >= 0.3 is 0 Å². The highest BCUT2D eigenvalue weighted by molar-refractivity contribution is 4.91. The minimum absolute atomic E-state index is 0.0242. The number of ether oxygens (including phenoxy) is 2. The van der Waals surface area contributed by atoms with Gasteiger partial charge in [0.25, 0.3) is 0 Å². The van der Waals surface area contributed by atoms with E-state index in [2.05, 4.69) is 158 Å². The van der Waals surface area contributed by atoms with E-state index in [-0.39, 0.29) is 34.9 Å². The Morgan fingerprint density at radius 3 is 0.962 bits per heavy atom. The molecule has 0 saturated heterocycles. The molecule has 0 aromatic heterocycles. The van der Waals surface area contributed by atoms with Crippen LogP contribution in [0.25, 0.3) is 0 Å². The topological polar surface area (TPSA) is 71.9 Å². The average Bonchev–Trinajstić information content (AvgIpc) is 2.90. The summed E-state index contributed by atoms with van der Waals surface area (Å²) < 4.78 is 10.1. The number of hydrogen-bond acceptors (Lipinski definition) is 8. The summed E-state index contributed by atoms with van der Waals surface area (Å²) in [4.78, 5) is 10.5. The van der Waals surface area contributed by atoms with Crippen molar-refractivity contribution in [2.45, 2.75) is 187 Å². The molecule has 0 spiro atoms. The van der Waals surface area contributed by atoms with Crippen molar-refractivity contribution < 1.29 is 19.7 Å². The molecule has 0 bridgehead atoms. The van der Waals surface area contributed by atoms with E-state index in [0.29, 0.717) is 19.8 Å². The second-order valence-electron chi connectivity index (χ2n) is 20.9. The predicted molar refractivity (Wildman–Crippen MR) is 230 cm³/mol. The lowest BCUT2D eigenvalue weighted by Gasteiger charge is -2.50. The molecule has 0 saturated carbocycles. The van der Waals surface area contributed by atoms with Gasteiger partial charge in [0.2, 0.25) is 0 Å². The molecule has 0 aromatic rings. The highest BCUT2D eigenvalue weighted by atomic mass is 16.5. The van der Waals surface area contributed by atoms with Crippen LogP contribution in [0.15, 0.2) is 0 Å². The molecule has 0 fully saturated rings. The van der Waals surface area contributed by atoms with Crippen LogP contribution >= 0.6 is 0 Å². The third-order valence-electron chi connectivity index (χ3n) is 8.26. The first-order valence-corrected chi connectivity index (χ1v) is 20.8. The molecule has 0 aliphatic heterocycles. The van der Waals surface area contributed by atoms with Gasteiger partial charge in [-0.1, -0.05) is 55.4 Å². The Hall–Kier alpha value is -0.320. The van der Waals surface area contributed by atoms with Crippen molar-refractivity contribution in [3.05, 3.63) is 0 Å². The maximum absolute atomic E-state index is 8.80. The van der Waals surface area contributed by atoms with Crippen LogP contribution in [0.1, 0.15) is 152 Å². The number of rotatable bonds is 21. The van der Waals surface area contributed by atoms with E-state index < -0.39 is 6.10 Å². The van der Waals surface area contributed by atoms with Gasteiger partial charge in [-0.2, -0.15) is 0 Å². The largest absolute Gasteiger partial charge is 0.394 e. The zero-order valence-electron chi connectivity index (χ0n) is 39.4. The summed E-state index contributed by atoms with van der Waals surface area (Å²) in [6, 6.07) is 0. The Morgan fingerprint density at radius 1 is 0.462 bits per heavy atom. The standard InChI is InChI=1S/2C18H40N2.C8H18O4/c1-15(2,3)19(16(4,5)6)13-14-20(17(7,8)9)18(10,11)12;1-15(2)11-19(12-16(3)4)9-10-20(13-17(5)6)14-18(7)8;1-7(10)6-11-3-4-12-8(2)5-9/h13-14H2,1-12H3;15-18H,9-14H2,1-8H3;7-10H,3-6H2,1-2H3. The van der Waals surface area contributed by atoms with Crippen molar-refractivity contribution in [1.29, 1.82) is 0 Å². The molecule has 0 aromatic carbocycles. The molecule has 2 atom stereocenters. The SMILES string of the molecule is CC(C)(C)N(CCN(C(C)(C)C)C(C)(C)C)C(C)(C)C.CC(C)CN(CCN(CC(C)C)CC(C)C)CC(C)C.CC(O)COCCOC(C)CO. The minimum Gasteiger partial charge on any atom is -0.394 e. The van der Waals surface area contributed by atoms with Crippen LogP contribution in [0.3, 0.4) is 0 Å². The van der Waals surface area contributed by atoms with E-state index in [1.807, 2.05) is 0 Å². The highest BCUT2D eigenvalue weighted by Crippen LogP contribution is 2.28. The van der Waals surface area contributed by atoms with Gasteiger partial charge in [0.1, 0.15) is 0 Å². The first kappa shape index (κ1) is 56.0. The molecule has 0 amide bonds. The van der Waals surface area contributed by atoms with Crippen molar-refractivity contribution in [2.24, 2.45) is 23.7 Å². The van der Waals surface area contributed by atoms with Gasteiger partial charge in [-0.05, 0) is 121 Å². The van der Waals surface area contributed by atoms with Crippen LogP contribution in [0.5, 0.6) is 0 Å². The van der Waals surface area contributed by atoms with Crippen molar-refractivity contribution in [2.75, 3.05) is 78.8 Å². The molecule has 0 heterocycles. The Balaban J connectivity index is -0.000000717. The first-order chi connectivity index (χ1) is 23.3. The second kappa shape index (κ2) is 27.3. The summed E-state index contributed by atoms with van der Waals surface area (Å²) in [5.74, 6) is 3.05. The van der Waals surface area contributed by atoms with Crippen LogP contribution in [0.4, 0.5) is 0 Å². The maximum atomic E-state index is 8.80. The normalized spacial score (nSPS) is 14.5. The van der Waals surface area contributed by atoms with Crippen molar-refractivity contribution >= 4 is 0 Å². The van der Waals surface area contributed by atoms with Crippen molar-refractivity contribution in [3.8, 4) is 0 Å². The van der Waals surface area contributed by atoms with E-state index in [9.17, 15) is 0 Å². The van der Waals surface area contributed by atoms with Gasteiger partial charge in [0.15, 0.2) is 0 Å². The number of hydrogen-bond donors (Lipinski definition) is 2. The van der Waals surface area contributed by atoms with Crippen LogP contribution in [0.2, 0.25) is 0 Å². The zero-order valence-corrected chi connectivity index (χ0v) is 39.4. The average molecular weight is 747 g/mol. The molecule has 318 valence electrons. The van der Waals surface area contributed by atoms with Gasteiger partial charge in [-0.25, -0.2) is 0 Å². The molecule has 0 radical (unpaired) electrons. The van der Waals surface area contributed by atoms with Crippen LogP contribution in [-0.2, 0) is 9.47 Å². The van der Waals surface area contributed by atoms with Crippen molar-refractivity contribution in [3.63, 3.8) is 0 Å². The summed E-state index contributed by atoms with van der Waals surface area (Å²) in [5, 5.41) is 17.4. The lowest BCUT2D eigenvalue weighted by Crippen LogP contribution is -2.59. The fraction of sp³-hybridized carbons (Fsp3) is 1.00. The van der Waals surface area contributed by atoms with Gasteiger partial charge in [0.05, 0.1) is 38.6 Å². The fourth-order valence-electron chi connectivity index (χ4n) is 7.03. The maximum Gasteiger partial charge on any atom is 0.0778 e. The lowest BCUT2D eigenvalue weighted by atomic mass is 9.93. The molecular weight excluding hydrogens is 649 g/mol. The van der Waals surface area contributed by atoms with Gasteiger partial charge in [0, 0.05) is 74.5 Å². The van der Waals surface area contributed by atoms with Gasteiger partial charge in [-0.15, -0.1) is 0 Å². The zero-order chi connectivity index (χ0) is 41.7. The quantitative estimate of drug-likeness (QED) is 0.113. The third kappa shape index (κ3) is 33.1. The number of nitrogens with zero attached hydrogens (tertiary/aromatic N) is 4. The molecule has 2 unspecified atom stereocenters. The second-order valence-corrected chi connectivity index (χ2v) is 20.9. The minimum atomic E-state index is -0.430. The van der Waals surface area contributed by atoms with E-state index in [0.717, 1.165) is 36.8 Å².